The maximum absolute atomic E-state index is 9.55. The van der Waals surface area contributed by atoms with Crippen LogP contribution in [0.15, 0.2) is 164 Å². The van der Waals surface area contributed by atoms with Crippen LogP contribution in [0.4, 0.5) is 0 Å². The normalized spacial score (nSPS) is 11.4. The molecule has 0 heterocycles. The Labute approximate surface area is 292 Å². The van der Waals surface area contributed by atoms with E-state index in [0.29, 0.717) is 13.1 Å². The topological polar surface area (TPSA) is 64.5 Å². The summed E-state index contributed by atoms with van der Waals surface area (Å²) >= 11 is 0. The number of rotatable bonds is 12. The average molecular weight is 649 g/mol. The standard InChI is InChI=1S/C23H25NO.C22H23NO/c1-18-10-6-8-14-21(18)23(24-16-17-25,20-12-4-3-5-13-20)22-15-9-7-11-19(22)2;1-18-10-8-9-15-21(18)22(23-16-17-24,19-11-4-2-5-12-19)20-13-6-3-7-14-20/h3-15,24-25H,16-17H2,1-2H3;2-15,23-24H,16-17H2,1H3. The number of hydrogen-bond donors (Lipinski definition) is 4. The molecule has 4 nitrogen and oxygen atoms in total. The molecule has 0 fully saturated rings. The Balaban J connectivity index is 0.000000191. The van der Waals surface area contributed by atoms with E-state index in [0.717, 1.165) is 0 Å². The Bertz CT molecular complexity index is 1790. The summed E-state index contributed by atoms with van der Waals surface area (Å²) in [5.74, 6) is 0. The van der Waals surface area contributed by atoms with Crippen molar-refractivity contribution in [2.75, 3.05) is 26.3 Å². The van der Waals surface area contributed by atoms with Gasteiger partial charge in [0.05, 0.1) is 24.3 Å². The highest BCUT2D eigenvalue weighted by atomic mass is 16.3. The lowest BCUT2D eigenvalue weighted by molar-refractivity contribution is 0.277. The van der Waals surface area contributed by atoms with Crippen molar-refractivity contribution < 1.29 is 10.2 Å². The van der Waals surface area contributed by atoms with E-state index in [4.69, 9.17) is 0 Å². The van der Waals surface area contributed by atoms with Crippen molar-refractivity contribution in [1.29, 1.82) is 0 Å². The zero-order chi connectivity index (χ0) is 34.5. The molecule has 6 aromatic rings. The van der Waals surface area contributed by atoms with Crippen molar-refractivity contribution in [3.63, 3.8) is 0 Å². The molecule has 0 spiro atoms. The van der Waals surface area contributed by atoms with E-state index in [2.05, 4.69) is 177 Å². The van der Waals surface area contributed by atoms with E-state index in [9.17, 15) is 10.2 Å². The number of nitrogens with one attached hydrogen (secondary N) is 2. The highest BCUT2D eigenvalue weighted by Gasteiger charge is 2.38. The summed E-state index contributed by atoms with van der Waals surface area (Å²) in [6, 6.07) is 56.8. The number of benzene rings is 6. The van der Waals surface area contributed by atoms with Gasteiger partial charge in [-0.15, -0.1) is 0 Å². The van der Waals surface area contributed by atoms with Gasteiger partial charge in [0.1, 0.15) is 0 Å². The molecule has 0 aliphatic carbocycles. The molecule has 250 valence electrons. The van der Waals surface area contributed by atoms with E-state index in [1.54, 1.807) is 0 Å². The van der Waals surface area contributed by atoms with Gasteiger partial charge in [0, 0.05) is 13.1 Å². The van der Waals surface area contributed by atoms with Crippen LogP contribution in [0.5, 0.6) is 0 Å². The molecule has 0 amide bonds. The minimum atomic E-state index is -0.499. The van der Waals surface area contributed by atoms with Crippen LogP contribution >= 0.6 is 0 Å². The number of hydrogen-bond acceptors (Lipinski definition) is 4. The summed E-state index contributed by atoms with van der Waals surface area (Å²) in [5, 5.41) is 26.3. The van der Waals surface area contributed by atoms with Crippen LogP contribution in [-0.2, 0) is 11.1 Å². The van der Waals surface area contributed by atoms with Crippen LogP contribution in [0.1, 0.15) is 50.1 Å². The van der Waals surface area contributed by atoms with Gasteiger partial charge in [-0.05, 0) is 70.8 Å². The van der Waals surface area contributed by atoms with Gasteiger partial charge in [-0.1, -0.05) is 164 Å². The summed E-state index contributed by atoms with van der Waals surface area (Å²) in [4.78, 5) is 0. The Kier molecular flexibility index (Phi) is 12.3. The van der Waals surface area contributed by atoms with Gasteiger partial charge in [-0.2, -0.15) is 0 Å². The third-order valence-corrected chi connectivity index (χ3v) is 9.27. The zero-order valence-electron chi connectivity index (χ0n) is 28.8. The second-order valence-corrected chi connectivity index (χ2v) is 12.3. The van der Waals surface area contributed by atoms with Gasteiger partial charge in [-0.25, -0.2) is 0 Å². The molecule has 0 aliphatic rings. The third kappa shape index (κ3) is 7.59. The van der Waals surface area contributed by atoms with Gasteiger partial charge in [0.2, 0.25) is 0 Å². The molecule has 0 saturated carbocycles. The van der Waals surface area contributed by atoms with E-state index < -0.39 is 11.1 Å². The zero-order valence-corrected chi connectivity index (χ0v) is 28.8. The fourth-order valence-corrected chi connectivity index (χ4v) is 7.06. The van der Waals surface area contributed by atoms with Crippen LogP contribution in [-0.4, -0.2) is 36.5 Å². The van der Waals surface area contributed by atoms with Gasteiger partial charge in [-0.3, -0.25) is 10.6 Å². The van der Waals surface area contributed by atoms with Crippen LogP contribution in [0, 0.1) is 20.8 Å². The van der Waals surface area contributed by atoms with Crippen molar-refractivity contribution in [3.8, 4) is 0 Å². The third-order valence-electron chi connectivity index (χ3n) is 9.27. The quantitative estimate of drug-likeness (QED) is 0.101. The van der Waals surface area contributed by atoms with Crippen LogP contribution in [0.25, 0.3) is 0 Å². The van der Waals surface area contributed by atoms with E-state index in [1.165, 1.54) is 50.1 Å². The predicted molar refractivity (Wildman–Crippen MR) is 203 cm³/mol. The van der Waals surface area contributed by atoms with E-state index in [-0.39, 0.29) is 13.2 Å². The molecule has 6 rings (SSSR count). The molecule has 0 unspecified atom stereocenters. The minimum absolute atomic E-state index is 0.0896. The first kappa shape index (κ1) is 35.5. The molecule has 0 aliphatic heterocycles. The van der Waals surface area contributed by atoms with Crippen LogP contribution < -0.4 is 10.6 Å². The van der Waals surface area contributed by atoms with Crippen LogP contribution in [0.3, 0.4) is 0 Å². The predicted octanol–water partition coefficient (Wildman–Crippen LogP) is 8.05. The summed E-state index contributed by atoms with van der Waals surface area (Å²) in [6.07, 6.45) is 0. The molecular weight excluding hydrogens is 601 g/mol. The highest BCUT2D eigenvalue weighted by molar-refractivity contribution is 5.55. The lowest BCUT2D eigenvalue weighted by atomic mass is 9.74. The summed E-state index contributed by atoms with van der Waals surface area (Å²) < 4.78 is 0. The lowest BCUT2D eigenvalue weighted by Gasteiger charge is -2.39. The molecule has 4 heteroatoms. The second kappa shape index (κ2) is 17.0. The number of aliphatic hydroxyl groups is 2. The Hall–Kier alpha value is -4.84. The molecular formula is C45H48N2O2. The molecule has 0 bridgehead atoms. The molecule has 0 aromatic heterocycles. The van der Waals surface area contributed by atoms with Gasteiger partial charge in [0.25, 0.3) is 0 Å². The van der Waals surface area contributed by atoms with Crippen molar-refractivity contribution >= 4 is 0 Å². The van der Waals surface area contributed by atoms with E-state index >= 15 is 0 Å². The van der Waals surface area contributed by atoms with Crippen LogP contribution in [0.2, 0.25) is 0 Å². The maximum atomic E-state index is 9.55. The van der Waals surface area contributed by atoms with Gasteiger partial charge >= 0.3 is 0 Å². The smallest absolute Gasteiger partial charge is 0.0953 e. The fourth-order valence-electron chi connectivity index (χ4n) is 7.06. The number of aliphatic hydroxyl groups excluding tert-OH is 2. The number of aryl methyl sites for hydroxylation is 3. The molecule has 4 N–H and O–H groups in total. The van der Waals surface area contributed by atoms with Crippen molar-refractivity contribution in [3.05, 3.63) is 214 Å². The summed E-state index contributed by atoms with van der Waals surface area (Å²) in [5.41, 5.74) is 9.81. The first-order valence-corrected chi connectivity index (χ1v) is 17.1. The average Bonchev–Trinajstić information content (AvgIpc) is 3.15. The first-order chi connectivity index (χ1) is 24.0. The maximum Gasteiger partial charge on any atom is 0.0953 e. The van der Waals surface area contributed by atoms with Gasteiger partial charge in [0.15, 0.2) is 0 Å². The Morgan fingerprint density at radius 1 is 0.367 bits per heavy atom. The molecule has 0 radical (unpaired) electrons. The molecule has 0 saturated heterocycles. The molecule has 6 aromatic carbocycles. The van der Waals surface area contributed by atoms with Crippen molar-refractivity contribution in [2.45, 2.75) is 31.8 Å². The molecule has 49 heavy (non-hydrogen) atoms. The second-order valence-electron chi connectivity index (χ2n) is 12.3. The largest absolute Gasteiger partial charge is 0.395 e. The summed E-state index contributed by atoms with van der Waals surface area (Å²) in [7, 11) is 0. The SMILES string of the molecule is Cc1ccccc1C(NCCO)(c1ccccc1)c1ccccc1.Cc1ccccc1C(NCCO)(c1ccccc1)c1ccccc1C. The fraction of sp³-hybridized carbons (Fsp3) is 0.200. The molecule has 0 atom stereocenters. The Morgan fingerprint density at radius 2 is 0.633 bits per heavy atom. The lowest BCUT2D eigenvalue weighted by Crippen LogP contribution is -2.46. The minimum Gasteiger partial charge on any atom is -0.395 e. The highest BCUT2D eigenvalue weighted by Crippen LogP contribution is 2.40. The summed E-state index contributed by atoms with van der Waals surface area (Å²) in [6.45, 7) is 7.63. The van der Waals surface area contributed by atoms with Crippen molar-refractivity contribution in [2.24, 2.45) is 0 Å². The monoisotopic (exact) mass is 648 g/mol. The first-order valence-electron chi connectivity index (χ1n) is 17.1. The van der Waals surface area contributed by atoms with E-state index in [1.807, 2.05) is 18.2 Å². The Morgan fingerprint density at radius 3 is 0.959 bits per heavy atom. The van der Waals surface area contributed by atoms with Crippen molar-refractivity contribution in [1.82, 2.24) is 10.6 Å². The van der Waals surface area contributed by atoms with Gasteiger partial charge < -0.3 is 10.2 Å².